The Balaban J connectivity index is 1.90. The van der Waals surface area contributed by atoms with Gasteiger partial charge >= 0.3 is 0 Å². The average molecular weight is 301 g/mol. The van der Waals surface area contributed by atoms with Crippen LogP contribution in [0.4, 0.5) is 0 Å². The normalized spacial score (nSPS) is 25.5. The van der Waals surface area contributed by atoms with Gasteiger partial charge in [-0.25, -0.2) is 0 Å². The van der Waals surface area contributed by atoms with E-state index in [9.17, 15) is 5.11 Å². The minimum atomic E-state index is -0.788. The molecule has 1 aromatic carbocycles. The number of nitrogens with zero attached hydrogens (tertiary/aromatic N) is 1. The fraction of sp³-hybridized carbons (Fsp3) is 0.700. The van der Waals surface area contributed by atoms with Crippen LogP contribution in [0, 0.1) is 11.8 Å². The molecule has 2 unspecified atom stereocenters. The molecular formula is C20H31NO. The van der Waals surface area contributed by atoms with Gasteiger partial charge in [0, 0.05) is 19.0 Å². The molecule has 0 amide bonds. The zero-order valence-electron chi connectivity index (χ0n) is 14.0. The van der Waals surface area contributed by atoms with Crippen molar-refractivity contribution in [3.8, 4) is 0 Å². The summed E-state index contributed by atoms with van der Waals surface area (Å²) in [6.45, 7) is 4.35. The van der Waals surface area contributed by atoms with Crippen molar-refractivity contribution in [1.29, 1.82) is 0 Å². The summed E-state index contributed by atoms with van der Waals surface area (Å²) in [7, 11) is 0. The second-order valence-corrected chi connectivity index (χ2v) is 7.33. The Bertz CT molecular complexity index is 448. The number of hydrogen-bond donors (Lipinski definition) is 1. The monoisotopic (exact) mass is 301 g/mol. The lowest BCUT2D eigenvalue weighted by Crippen LogP contribution is -2.54. The highest BCUT2D eigenvalue weighted by Gasteiger charge is 2.44. The van der Waals surface area contributed by atoms with E-state index < -0.39 is 5.72 Å². The molecule has 1 aliphatic heterocycles. The van der Waals surface area contributed by atoms with Crippen LogP contribution in [0.25, 0.3) is 0 Å². The largest absolute Gasteiger partial charge is 0.371 e. The van der Waals surface area contributed by atoms with Crippen LogP contribution in [-0.2, 0) is 5.72 Å². The molecule has 122 valence electrons. The van der Waals surface area contributed by atoms with Gasteiger partial charge in [-0.2, -0.15) is 0 Å². The van der Waals surface area contributed by atoms with Gasteiger partial charge in [0.1, 0.15) is 5.72 Å². The van der Waals surface area contributed by atoms with Crippen LogP contribution >= 0.6 is 0 Å². The lowest BCUT2D eigenvalue weighted by molar-refractivity contribution is -0.176. The molecular weight excluding hydrogens is 270 g/mol. The standard InChI is InChI=1S/C20H31NO/c1-17(18-11-5-2-6-12-18)20(22,19-13-7-3-8-14-19)21-15-9-4-10-16-21/h3,7-8,13-14,17-18,22H,2,4-6,9-12,15-16H2,1H3. The van der Waals surface area contributed by atoms with E-state index in [1.165, 1.54) is 51.4 Å². The van der Waals surface area contributed by atoms with E-state index in [0.717, 1.165) is 18.7 Å². The quantitative estimate of drug-likeness (QED) is 0.883. The van der Waals surface area contributed by atoms with Crippen molar-refractivity contribution in [2.45, 2.75) is 64.0 Å². The first kappa shape index (κ1) is 16.0. The maximum absolute atomic E-state index is 11.9. The summed E-state index contributed by atoms with van der Waals surface area (Å²) in [6.07, 6.45) is 10.3. The third-order valence-electron chi connectivity index (χ3n) is 6.03. The van der Waals surface area contributed by atoms with Crippen LogP contribution in [0.3, 0.4) is 0 Å². The summed E-state index contributed by atoms with van der Waals surface area (Å²) in [6, 6.07) is 10.4. The first-order chi connectivity index (χ1) is 10.7. The molecule has 0 spiro atoms. The van der Waals surface area contributed by atoms with Gasteiger partial charge in [0.25, 0.3) is 0 Å². The van der Waals surface area contributed by atoms with Crippen LogP contribution in [0.15, 0.2) is 30.3 Å². The third-order valence-corrected chi connectivity index (χ3v) is 6.03. The van der Waals surface area contributed by atoms with Gasteiger partial charge in [0.15, 0.2) is 0 Å². The van der Waals surface area contributed by atoms with Gasteiger partial charge in [-0.05, 0) is 24.3 Å². The van der Waals surface area contributed by atoms with Crippen molar-refractivity contribution < 1.29 is 5.11 Å². The SMILES string of the molecule is CC(C1CCCCC1)C(O)(c1ccccc1)N1CCCCC1. The molecule has 1 saturated carbocycles. The minimum absolute atomic E-state index is 0.299. The number of benzene rings is 1. The van der Waals surface area contributed by atoms with Crippen LogP contribution in [0.5, 0.6) is 0 Å². The molecule has 3 rings (SSSR count). The van der Waals surface area contributed by atoms with Crippen molar-refractivity contribution in [3.63, 3.8) is 0 Å². The predicted octanol–water partition coefficient (Wildman–Crippen LogP) is 4.53. The fourth-order valence-corrected chi connectivity index (χ4v) is 4.61. The average Bonchev–Trinajstić information content (AvgIpc) is 2.62. The van der Waals surface area contributed by atoms with Crippen molar-refractivity contribution in [2.75, 3.05) is 13.1 Å². The Kier molecular flexibility index (Phi) is 5.20. The zero-order chi connectivity index (χ0) is 15.4. The molecule has 0 aromatic heterocycles. The molecule has 1 aliphatic carbocycles. The van der Waals surface area contributed by atoms with Gasteiger partial charge in [0.05, 0.1) is 0 Å². The Morgan fingerprint density at radius 2 is 1.55 bits per heavy atom. The van der Waals surface area contributed by atoms with Gasteiger partial charge in [-0.1, -0.05) is 75.8 Å². The second kappa shape index (κ2) is 7.14. The summed E-state index contributed by atoms with van der Waals surface area (Å²) >= 11 is 0. The molecule has 2 atom stereocenters. The highest BCUT2D eigenvalue weighted by molar-refractivity contribution is 5.23. The maximum Gasteiger partial charge on any atom is 0.147 e. The summed E-state index contributed by atoms with van der Waals surface area (Å²) in [5.74, 6) is 0.953. The van der Waals surface area contributed by atoms with E-state index in [1.807, 2.05) is 6.07 Å². The molecule has 2 aliphatic rings. The van der Waals surface area contributed by atoms with Crippen molar-refractivity contribution in [1.82, 2.24) is 4.90 Å². The molecule has 2 heteroatoms. The van der Waals surface area contributed by atoms with Crippen molar-refractivity contribution in [3.05, 3.63) is 35.9 Å². The molecule has 1 saturated heterocycles. The van der Waals surface area contributed by atoms with Gasteiger partial charge in [0.2, 0.25) is 0 Å². The summed E-state index contributed by atoms with van der Waals surface area (Å²) in [5.41, 5.74) is 0.305. The van der Waals surface area contributed by atoms with Crippen LogP contribution in [0.2, 0.25) is 0 Å². The Hall–Kier alpha value is -0.860. The molecule has 2 fully saturated rings. The summed E-state index contributed by atoms with van der Waals surface area (Å²) in [4.78, 5) is 2.37. The second-order valence-electron chi connectivity index (χ2n) is 7.33. The van der Waals surface area contributed by atoms with E-state index in [2.05, 4.69) is 36.1 Å². The number of piperidine rings is 1. The van der Waals surface area contributed by atoms with E-state index in [0.29, 0.717) is 11.8 Å². The van der Waals surface area contributed by atoms with Gasteiger partial charge in [-0.15, -0.1) is 0 Å². The Morgan fingerprint density at radius 1 is 0.955 bits per heavy atom. The Morgan fingerprint density at radius 3 is 2.18 bits per heavy atom. The van der Waals surface area contributed by atoms with Crippen LogP contribution in [0.1, 0.15) is 63.9 Å². The van der Waals surface area contributed by atoms with E-state index in [-0.39, 0.29) is 0 Å². The summed E-state index contributed by atoms with van der Waals surface area (Å²) < 4.78 is 0. The molecule has 1 heterocycles. The molecule has 1 N–H and O–H groups in total. The van der Waals surface area contributed by atoms with Crippen molar-refractivity contribution in [2.24, 2.45) is 11.8 Å². The topological polar surface area (TPSA) is 23.5 Å². The van der Waals surface area contributed by atoms with Crippen LogP contribution < -0.4 is 0 Å². The maximum atomic E-state index is 11.9. The highest BCUT2D eigenvalue weighted by atomic mass is 16.3. The Labute approximate surface area is 135 Å². The predicted molar refractivity (Wildman–Crippen MR) is 91.5 cm³/mol. The smallest absolute Gasteiger partial charge is 0.147 e. The molecule has 0 bridgehead atoms. The minimum Gasteiger partial charge on any atom is -0.371 e. The summed E-state index contributed by atoms with van der Waals surface area (Å²) in [5, 5.41) is 11.9. The number of hydrogen-bond acceptors (Lipinski definition) is 2. The molecule has 1 aromatic rings. The molecule has 0 radical (unpaired) electrons. The number of likely N-dealkylation sites (tertiary alicyclic amines) is 1. The van der Waals surface area contributed by atoms with Gasteiger partial charge < -0.3 is 5.11 Å². The van der Waals surface area contributed by atoms with Crippen molar-refractivity contribution >= 4 is 0 Å². The van der Waals surface area contributed by atoms with E-state index in [4.69, 9.17) is 0 Å². The van der Waals surface area contributed by atoms with E-state index >= 15 is 0 Å². The first-order valence-corrected chi connectivity index (χ1v) is 9.26. The molecule has 22 heavy (non-hydrogen) atoms. The fourth-order valence-electron chi connectivity index (χ4n) is 4.61. The van der Waals surface area contributed by atoms with E-state index in [1.54, 1.807) is 0 Å². The molecule has 2 nitrogen and oxygen atoms in total. The van der Waals surface area contributed by atoms with Crippen LogP contribution in [-0.4, -0.2) is 23.1 Å². The lowest BCUT2D eigenvalue weighted by atomic mass is 9.73. The highest BCUT2D eigenvalue weighted by Crippen LogP contribution is 2.43. The first-order valence-electron chi connectivity index (χ1n) is 9.26. The number of aliphatic hydroxyl groups is 1. The zero-order valence-corrected chi connectivity index (χ0v) is 14.0. The lowest BCUT2D eigenvalue weighted by Gasteiger charge is -2.49. The number of rotatable bonds is 4. The third kappa shape index (κ3) is 3.09. The van der Waals surface area contributed by atoms with Gasteiger partial charge in [-0.3, -0.25) is 4.90 Å².